The quantitative estimate of drug-likeness (QED) is 0.427. The van der Waals surface area contributed by atoms with E-state index in [0.717, 1.165) is 43.4 Å². The molecule has 5 heteroatoms. The number of hydrogen-bond donors (Lipinski definition) is 0. The third kappa shape index (κ3) is 5.81. The standard InChI is InChI=1S/C26H23F5/c27-17-25(31)26-23(29)15-20(16-24(26)30)21-13-12-19(14-22(21)28)18-10-8-6-4-2-1-3-5-7-9-11-18/h6,8-17H,1-5,7H2/b8-6+,11-9-,18-10+,25-17-. The van der Waals surface area contributed by atoms with Crippen molar-refractivity contribution in [2.24, 2.45) is 0 Å². The molecule has 2 aromatic rings. The van der Waals surface area contributed by atoms with Gasteiger partial charge in [-0.15, -0.1) is 0 Å². The zero-order valence-electron chi connectivity index (χ0n) is 17.0. The summed E-state index contributed by atoms with van der Waals surface area (Å²) in [6.45, 7) is 0. The van der Waals surface area contributed by atoms with Gasteiger partial charge in [0.05, 0.1) is 5.56 Å². The van der Waals surface area contributed by atoms with Crippen LogP contribution in [-0.4, -0.2) is 0 Å². The third-order valence-corrected chi connectivity index (χ3v) is 5.19. The number of allylic oxidation sites excluding steroid dienone is 6. The average Bonchev–Trinajstić information content (AvgIpc) is 2.73. The van der Waals surface area contributed by atoms with Gasteiger partial charge < -0.3 is 0 Å². The highest BCUT2D eigenvalue weighted by atomic mass is 19.2. The summed E-state index contributed by atoms with van der Waals surface area (Å²) in [6, 6.07) is 5.97. The number of hydrogen-bond acceptors (Lipinski definition) is 0. The van der Waals surface area contributed by atoms with Crippen LogP contribution in [0.4, 0.5) is 22.0 Å². The fourth-order valence-electron chi connectivity index (χ4n) is 3.54. The highest BCUT2D eigenvalue weighted by Crippen LogP contribution is 2.32. The maximum Gasteiger partial charge on any atom is 0.164 e. The highest BCUT2D eigenvalue weighted by Gasteiger charge is 2.18. The minimum Gasteiger partial charge on any atom is -0.212 e. The maximum atomic E-state index is 14.9. The Morgan fingerprint density at radius 2 is 1.42 bits per heavy atom. The van der Waals surface area contributed by atoms with Crippen molar-refractivity contribution in [3.05, 3.63) is 95.6 Å². The lowest BCUT2D eigenvalue weighted by Crippen LogP contribution is -1.96. The van der Waals surface area contributed by atoms with Crippen LogP contribution in [0.2, 0.25) is 0 Å². The van der Waals surface area contributed by atoms with Crippen molar-refractivity contribution in [3.63, 3.8) is 0 Å². The summed E-state index contributed by atoms with van der Waals surface area (Å²) in [5.41, 5.74) is 0.204. The van der Waals surface area contributed by atoms with E-state index in [4.69, 9.17) is 0 Å². The second kappa shape index (κ2) is 10.9. The molecule has 0 bridgehead atoms. The fraction of sp³-hybridized carbons (Fsp3) is 0.231. The molecule has 1 aliphatic rings. The van der Waals surface area contributed by atoms with E-state index < -0.39 is 35.2 Å². The molecular formula is C26H23F5. The second-order valence-corrected chi connectivity index (χ2v) is 7.41. The molecule has 0 N–H and O–H groups in total. The van der Waals surface area contributed by atoms with Gasteiger partial charge in [0, 0.05) is 5.56 Å². The van der Waals surface area contributed by atoms with Crippen LogP contribution in [0.3, 0.4) is 0 Å². The molecule has 0 radical (unpaired) electrons. The Labute approximate surface area is 179 Å². The van der Waals surface area contributed by atoms with Crippen LogP contribution in [0, 0.1) is 17.5 Å². The van der Waals surface area contributed by atoms with E-state index in [1.807, 2.05) is 18.2 Å². The normalized spacial score (nSPS) is 19.6. The molecule has 0 spiro atoms. The second-order valence-electron chi connectivity index (χ2n) is 7.41. The number of benzene rings is 2. The Morgan fingerprint density at radius 3 is 2.06 bits per heavy atom. The summed E-state index contributed by atoms with van der Waals surface area (Å²) >= 11 is 0. The lowest BCUT2D eigenvalue weighted by molar-refractivity contribution is 0.561. The van der Waals surface area contributed by atoms with Gasteiger partial charge in [0.2, 0.25) is 0 Å². The Balaban J connectivity index is 1.95. The number of rotatable bonds is 3. The first-order chi connectivity index (χ1) is 15.0. The predicted molar refractivity (Wildman–Crippen MR) is 116 cm³/mol. The summed E-state index contributed by atoms with van der Waals surface area (Å²) in [6.07, 6.45) is 16.0. The van der Waals surface area contributed by atoms with Crippen LogP contribution < -0.4 is 0 Å². The first-order valence-corrected chi connectivity index (χ1v) is 10.3. The largest absolute Gasteiger partial charge is 0.212 e. The van der Waals surface area contributed by atoms with Crippen molar-refractivity contribution in [2.45, 2.75) is 38.5 Å². The van der Waals surface area contributed by atoms with Crippen LogP contribution in [0.5, 0.6) is 0 Å². The lowest BCUT2D eigenvalue weighted by atomic mass is 9.97. The van der Waals surface area contributed by atoms with E-state index in [-0.39, 0.29) is 11.1 Å². The molecule has 3 rings (SSSR count). The summed E-state index contributed by atoms with van der Waals surface area (Å²) in [7, 11) is 0. The maximum absolute atomic E-state index is 14.9. The molecule has 1 aliphatic carbocycles. The van der Waals surface area contributed by atoms with Gasteiger partial charge in [0.1, 0.15) is 23.8 Å². The molecular weight excluding hydrogens is 407 g/mol. The molecule has 0 unspecified atom stereocenters. The van der Waals surface area contributed by atoms with Crippen LogP contribution in [0.15, 0.2) is 67.0 Å². The van der Waals surface area contributed by atoms with E-state index in [0.29, 0.717) is 5.56 Å². The monoisotopic (exact) mass is 430 g/mol. The average molecular weight is 430 g/mol. The minimum absolute atomic E-state index is 0.0361. The Kier molecular flexibility index (Phi) is 7.99. The fourth-order valence-corrected chi connectivity index (χ4v) is 3.54. The SMILES string of the molecule is F/C=C(\F)c1c(F)cc(-c2ccc(C3=C/C=C/CCCCCC/C=C\3)cc2F)cc1F. The summed E-state index contributed by atoms with van der Waals surface area (Å²) in [5.74, 6) is -4.94. The molecule has 0 saturated heterocycles. The topological polar surface area (TPSA) is 0 Å². The molecule has 2 aromatic carbocycles. The molecule has 31 heavy (non-hydrogen) atoms. The molecule has 0 amide bonds. The van der Waals surface area contributed by atoms with Crippen molar-refractivity contribution in [1.82, 2.24) is 0 Å². The Bertz CT molecular complexity index is 1020. The van der Waals surface area contributed by atoms with Crippen molar-refractivity contribution < 1.29 is 22.0 Å². The molecule has 0 aromatic heterocycles. The lowest BCUT2D eigenvalue weighted by Gasteiger charge is -2.10. The van der Waals surface area contributed by atoms with Crippen molar-refractivity contribution >= 4 is 11.4 Å². The van der Waals surface area contributed by atoms with Crippen molar-refractivity contribution in [1.29, 1.82) is 0 Å². The van der Waals surface area contributed by atoms with Gasteiger partial charge in [0.15, 0.2) is 5.83 Å². The third-order valence-electron chi connectivity index (χ3n) is 5.19. The smallest absolute Gasteiger partial charge is 0.164 e. The zero-order chi connectivity index (χ0) is 22.2. The Morgan fingerprint density at radius 1 is 0.774 bits per heavy atom. The molecule has 0 fully saturated rings. The Hall–Kier alpha value is -2.95. The van der Waals surface area contributed by atoms with E-state index in [1.165, 1.54) is 25.0 Å². The molecule has 0 atom stereocenters. The minimum atomic E-state index is -1.66. The van der Waals surface area contributed by atoms with Gasteiger partial charge >= 0.3 is 0 Å². The van der Waals surface area contributed by atoms with Crippen molar-refractivity contribution in [3.8, 4) is 11.1 Å². The van der Waals surface area contributed by atoms with Gasteiger partial charge in [-0.1, -0.05) is 55.4 Å². The van der Waals surface area contributed by atoms with Gasteiger partial charge in [-0.05, 0) is 60.6 Å². The van der Waals surface area contributed by atoms with E-state index in [1.54, 1.807) is 6.07 Å². The first-order valence-electron chi connectivity index (χ1n) is 10.3. The molecule has 0 saturated carbocycles. The zero-order valence-corrected chi connectivity index (χ0v) is 17.0. The molecule has 162 valence electrons. The van der Waals surface area contributed by atoms with Gasteiger partial charge in [-0.25, -0.2) is 22.0 Å². The van der Waals surface area contributed by atoms with Gasteiger partial charge in [-0.2, -0.15) is 0 Å². The summed E-state index contributed by atoms with van der Waals surface area (Å²) < 4.78 is 68.8. The summed E-state index contributed by atoms with van der Waals surface area (Å²) in [4.78, 5) is 0. The molecule has 0 aliphatic heterocycles. The first kappa shape index (κ1) is 22.7. The van der Waals surface area contributed by atoms with Crippen LogP contribution in [0.1, 0.15) is 49.7 Å². The van der Waals surface area contributed by atoms with E-state index >= 15 is 0 Å². The van der Waals surface area contributed by atoms with Crippen LogP contribution in [0.25, 0.3) is 22.5 Å². The number of halogens is 5. The molecule has 0 nitrogen and oxygen atoms in total. The van der Waals surface area contributed by atoms with Crippen molar-refractivity contribution in [2.75, 3.05) is 0 Å². The van der Waals surface area contributed by atoms with E-state index in [2.05, 4.69) is 12.2 Å². The molecule has 0 heterocycles. The van der Waals surface area contributed by atoms with Gasteiger partial charge in [0.25, 0.3) is 0 Å². The van der Waals surface area contributed by atoms with E-state index in [9.17, 15) is 22.0 Å². The predicted octanol–water partition coefficient (Wildman–Crippen LogP) is 8.86. The van der Waals surface area contributed by atoms with Crippen LogP contribution >= 0.6 is 0 Å². The summed E-state index contributed by atoms with van der Waals surface area (Å²) in [5, 5.41) is 0. The highest BCUT2D eigenvalue weighted by molar-refractivity contribution is 5.78. The van der Waals surface area contributed by atoms with Gasteiger partial charge in [-0.3, -0.25) is 0 Å². The van der Waals surface area contributed by atoms with Crippen LogP contribution in [-0.2, 0) is 0 Å².